The van der Waals surface area contributed by atoms with Crippen molar-refractivity contribution in [3.05, 3.63) is 28.8 Å². The average Bonchev–Trinajstić information content (AvgIpc) is 2.25. The Hall–Kier alpha value is -0.730. The molecule has 0 spiro atoms. The molecule has 0 fully saturated rings. The van der Waals surface area contributed by atoms with Gasteiger partial charge in [0.15, 0.2) is 0 Å². The Labute approximate surface area is 103 Å². The van der Waals surface area contributed by atoms with E-state index < -0.39 is 0 Å². The van der Waals surface area contributed by atoms with E-state index in [2.05, 4.69) is 19.2 Å². The first-order chi connectivity index (χ1) is 7.63. The van der Waals surface area contributed by atoms with Crippen LogP contribution in [0.2, 0.25) is 5.02 Å². The lowest BCUT2D eigenvalue weighted by Gasteiger charge is -2.14. The second-order valence-electron chi connectivity index (χ2n) is 4.13. The van der Waals surface area contributed by atoms with Crippen LogP contribution < -0.4 is 10.1 Å². The molecule has 1 rings (SSSR count). The number of hydrogen-bond donors (Lipinski definition) is 1. The molecule has 16 heavy (non-hydrogen) atoms. The highest BCUT2D eigenvalue weighted by Crippen LogP contribution is 2.22. The molecule has 0 aliphatic heterocycles. The van der Waals surface area contributed by atoms with Crippen molar-refractivity contribution in [3.8, 4) is 5.75 Å². The van der Waals surface area contributed by atoms with Gasteiger partial charge in [0.05, 0.1) is 6.61 Å². The van der Waals surface area contributed by atoms with Gasteiger partial charge < -0.3 is 10.1 Å². The predicted molar refractivity (Wildman–Crippen MR) is 69.4 cm³/mol. The standard InChI is InChI=1S/C13H20ClNO/c1-4-15-8-10(2)9-16-13-6-5-12(14)7-11(13)3/h5-7,10,15H,4,8-9H2,1-3H3. The van der Waals surface area contributed by atoms with Crippen LogP contribution in [0.15, 0.2) is 18.2 Å². The van der Waals surface area contributed by atoms with Crippen molar-refractivity contribution < 1.29 is 4.74 Å². The van der Waals surface area contributed by atoms with E-state index in [-0.39, 0.29) is 0 Å². The molecule has 90 valence electrons. The largest absolute Gasteiger partial charge is 0.493 e. The number of nitrogens with one attached hydrogen (secondary N) is 1. The summed E-state index contributed by atoms with van der Waals surface area (Å²) in [5, 5.41) is 4.06. The zero-order valence-electron chi connectivity index (χ0n) is 10.2. The van der Waals surface area contributed by atoms with Gasteiger partial charge in [0.1, 0.15) is 5.75 Å². The summed E-state index contributed by atoms with van der Waals surface area (Å²) in [5.41, 5.74) is 1.09. The van der Waals surface area contributed by atoms with Crippen LogP contribution in [0.4, 0.5) is 0 Å². The smallest absolute Gasteiger partial charge is 0.122 e. The summed E-state index contributed by atoms with van der Waals surface area (Å²) in [7, 11) is 0. The molecule has 1 atom stereocenters. The maximum atomic E-state index is 5.88. The molecule has 0 aromatic heterocycles. The second-order valence-corrected chi connectivity index (χ2v) is 4.57. The van der Waals surface area contributed by atoms with E-state index in [0.717, 1.165) is 36.0 Å². The first-order valence-corrected chi connectivity index (χ1v) is 6.11. The lowest BCUT2D eigenvalue weighted by molar-refractivity contribution is 0.255. The van der Waals surface area contributed by atoms with Crippen molar-refractivity contribution >= 4 is 11.6 Å². The fourth-order valence-corrected chi connectivity index (χ4v) is 1.68. The van der Waals surface area contributed by atoms with Gasteiger partial charge in [-0.3, -0.25) is 0 Å². The van der Waals surface area contributed by atoms with Crippen molar-refractivity contribution in [1.82, 2.24) is 5.32 Å². The number of rotatable bonds is 6. The van der Waals surface area contributed by atoms with E-state index in [0.29, 0.717) is 5.92 Å². The van der Waals surface area contributed by atoms with Crippen molar-refractivity contribution in [3.63, 3.8) is 0 Å². The molecule has 0 amide bonds. The van der Waals surface area contributed by atoms with Gasteiger partial charge in [-0.2, -0.15) is 0 Å². The third-order valence-corrected chi connectivity index (χ3v) is 2.64. The Bertz CT molecular complexity index is 328. The number of benzene rings is 1. The molecule has 0 bridgehead atoms. The molecule has 0 aliphatic rings. The topological polar surface area (TPSA) is 21.3 Å². The number of halogens is 1. The van der Waals surface area contributed by atoms with Gasteiger partial charge in [0, 0.05) is 17.5 Å². The van der Waals surface area contributed by atoms with E-state index in [4.69, 9.17) is 16.3 Å². The summed E-state index contributed by atoms with van der Waals surface area (Å²) in [6.07, 6.45) is 0. The SMILES string of the molecule is CCNCC(C)COc1ccc(Cl)cc1C. The summed E-state index contributed by atoms with van der Waals surface area (Å²) in [6, 6.07) is 5.71. The molecule has 0 radical (unpaired) electrons. The minimum atomic E-state index is 0.509. The van der Waals surface area contributed by atoms with Crippen LogP contribution in [0.3, 0.4) is 0 Å². The first kappa shape index (κ1) is 13.3. The van der Waals surface area contributed by atoms with Crippen LogP contribution >= 0.6 is 11.6 Å². The van der Waals surface area contributed by atoms with Gasteiger partial charge in [-0.05, 0) is 37.2 Å². The lowest BCUT2D eigenvalue weighted by atomic mass is 10.2. The van der Waals surface area contributed by atoms with Crippen LogP contribution in [0.25, 0.3) is 0 Å². The van der Waals surface area contributed by atoms with E-state index in [1.165, 1.54) is 0 Å². The number of aryl methyl sites for hydroxylation is 1. The summed E-state index contributed by atoms with van der Waals surface area (Å²) in [4.78, 5) is 0. The number of ether oxygens (including phenoxy) is 1. The van der Waals surface area contributed by atoms with E-state index in [1.807, 2.05) is 25.1 Å². The average molecular weight is 242 g/mol. The zero-order chi connectivity index (χ0) is 12.0. The maximum Gasteiger partial charge on any atom is 0.122 e. The quantitative estimate of drug-likeness (QED) is 0.826. The Morgan fingerprint density at radius 2 is 2.19 bits per heavy atom. The summed E-state index contributed by atoms with van der Waals surface area (Å²) < 4.78 is 5.75. The van der Waals surface area contributed by atoms with Crippen LogP contribution in [0, 0.1) is 12.8 Å². The summed E-state index contributed by atoms with van der Waals surface area (Å²) >= 11 is 5.88. The fourth-order valence-electron chi connectivity index (χ4n) is 1.46. The van der Waals surface area contributed by atoms with Crippen LogP contribution in [0.5, 0.6) is 5.75 Å². The van der Waals surface area contributed by atoms with E-state index >= 15 is 0 Å². The fraction of sp³-hybridized carbons (Fsp3) is 0.538. The highest BCUT2D eigenvalue weighted by Gasteiger charge is 2.04. The lowest BCUT2D eigenvalue weighted by Crippen LogP contribution is -2.24. The zero-order valence-corrected chi connectivity index (χ0v) is 11.0. The second kappa shape index (κ2) is 6.77. The number of hydrogen-bond acceptors (Lipinski definition) is 2. The molecule has 1 aromatic rings. The first-order valence-electron chi connectivity index (χ1n) is 5.73. The van der Waals surface area contributed by atoms with Crippen molar-refractivity contribution in [2.75, 3.05) is 19.7 Å². The highest BCUT2D eigenvalue weighted by atomic mass is 35.5. The molecular weight excluding hydrogens is 222 g/mol. The summed E-state index contributed by atoms with van der Waals surface area (Å²) in [6.45, 7) is 9.02. The van der Waals surface area contributed by atoms with Gasteiger partial charge in [-0.25, -0.2) is 0 Å². The predicted octanol–water partition coefficient (Wildman–Crippen LogP) is 3.27. The minimum Gasteiger partial charge on any atom is -0.493 e. The Balaban J connectivity index is 2.42. The maximum absolute atomic E-state index is 5.88. The molecule has 0 heterocycles. The Morgan fingerprint density at radius 3 is 2.81 bits per heavy atom. The molecule has 2 nitrogen and oxygen atoms in total. The van der Waals surface area contributed by atoms with Crippen LogP contribution in [0.1, 0.15) is 19.4 Å². The molecule has 3 heteroatoms. The highest BCUT2D eigenvalue weighted by molar-refractivity contribution is 6.30. The normalized spacial score (nSPS) is 12.5. The molecule has 1 aromatic carbocycles. The molecular formula is C13H20ClNO. The molecule has 0 saturated heterocycles. The Kier molecular flexibility index (Phi) is 5.64. The van der Waals surface area contributed by atoms with E-state index in [1.54, 1.807) is 0 Å². The molecule has 1 unspecified atom stereocenters. The van der Waals surface area contributed by atoms with Crippen molar-refractivity contribution in [2.45, 2.75) is 20.8 Å². The third-order valence-electron chi connectivity index (χ3n) is 2.40. The summed E-state index contributed by atoms with van der Waals surface area (Å²) in [5.74, 6) is 1.43. The molecule has 0 saturated carbocycles. The van der Waals surface area contributed by atoms with Crippen LogP contribution in [-0.4, -0.2) is 19.7 Å². The molecule has 1 N–H and O–H groups in total. The molecule has 0 aliphatic carbocycles. The van der Waals surface area contributed by atoms with Gasteiger partial charge >= 0.3 is 0 Å². The monoisotopic (exact) mass is 241 g/mol. The van der Waals surface area contributed by atoms with E-state index in [9.17, 15) is 0 Å². The minimum absolute atomic E-state index is 0.509. The van der Waals surface area contributed by atoms with Gasteiger partial charge in [-0.15, -0.1) is 0 Å². The van der Waals surface area contributed by atoms with Gasteiger partial charge in [0.25, 0.3) is 0 Å². The van der Waals surface area contributed by atoms with Gasteiger partial charge in [-0.1, -0.05) is 25.4 Å². The van der Waals surface area contributed by atoms with Gasteiger partial charge in [0.2, 0.25) is 0 Å². The Morgan fingerprint density at radius 1 is 1.44 bits per heavy atom. The van der Waals surface area contributed by atoms with Crippen molar-refractivity contribution in [2.24, 2.45) is 5.92 Å². The third kappa shape index (κ3) is 4.42. The van der Waals surface area contributed by atoms with Crippen LogP contribution in [-0.2, 0) is 0 Å². The van der Waals surface area contributed by atoms with Crippen molar-refractivity contribution in [1.29, 1.82) is 0 Å².